The quantitative estimate of drug-likeness (QED) is 0.932. The van der Waals surface area contributed by atoms with Gasteiger partial charge in [-0.1, -0.05) is 24.1 Å². The second-order valence-corrected chi connectivity index (χ2v) is 6.83. The van der Waals surface area contributed by atoms with Crippen molar-refractivity contribution in [3.8, 4) is 0 Å². The molecule has 4 heteroatoms. The lowest BCUT2D eigenvalue weighted by Gasteiger charge is -2.49. The van der Waals surface area contributed by atoms with Crippen LogP contribution in [0.15, 0.2) is 18.2 Å². The first-order chi connectivity index (χ1) is 10.2. The van der Waals surface area contributed by atoms with E-state index in [9.17, 15) is 0 Å². The number of halogens is 1. The first-order valence-corrected chi connectivity index (χ1v) is 8.56. The molecule has 0 bridgehead atoms. The van der Waals surface area contributed by atoms with Crippen molar-refractivity contribution in [3.63, 3.8) is 0 Å². The van der Waals surface area contributed by atoms with Crippen LogP contribution in [0.3, 0.4) is 0 Å². The highest BCUT2D eigenvalue weighted by Gasteiger charge is 2.33. The molecule has 0 aliphatic carbocycles. The minimum absolute atomic E-state index is 0.536. The predicted molar refractivity (Wildman–Crippen MR) is 90.2 cm³/mol. The van der Waals surface area contributed by atoms with Crippen molar-refractivity contribution in [2.75, 3.05) is 31.1 Å². The Labute approximate surface area is 133 Å². The van der Waals surface area contributed by atoms with Crippen LogP contribution in [0, 0.1) is 0 Å². The van der Waals surface area contributed by atoms with Gasteiger partial charge in [-0.15, -0.1) is 0 Å². The van der Waals surface area contributed by atoms with Gasteiger partial charge in [-0.2, -0.15) is 0 Å². The van der Waals surface area contributed by atoms with Crippen LogP contribution in [0.5, 0.6) is 0 Å². The third kappa shape index (κ3) is 3.05. The molecule has 2 N–H and O–H groups in total. The van der Waals surface area contributed by atoms with Crippen molar-refractivity contribution in [3.05, 3.63) is 28.8 Å². The van der Waals surface area contributed by atoms with E-state index < -0.39 is 0 Å². The fourth-order valence-electron chi connectivity index (χ4n) is 3.90. The summed E-state index contributed by atoms with van der Waals surface area (Å²) in [6.45, 7) is 6.54. The molecule has 2 fully saturated rings. The topological polar surface area (TPSA) is 32.5 Å². The standard InChI is InChI=1S/C17H26ClN3/c1-13-11-20-10-3-2-5-14(20)12-21(13)17-7-4-6-16(18)15(17)8-9-19/h4,6-7,13-14H,2-3,5,8-12,19H2,1H3. The van der Waals surface area contributed by atoms with E-state index in [1.165, 1.54) is 43.6 Å². The normalized spacial score (nSPS) is 26.7. The lowest BCUT2D eigenvalue weighted by Crippen LogP contribution is -2.59. The first kappa shape index (κ1) is 15.1. The highest BCUT2D eigenvalue weighted by Crippen LogP contribution is 2.33. The summed E-state index contributed by atoms with van der Waals surface area (Å²) >= 11 is 6.42. The van der Waals surface area contributed by atoms with E-state index >= 15 is 0 Å². The minimum Gasteiger partial charge on any atom is -0.366 e. The van der Waals surface area contributed by atoms with Crippen LogP contribution in [0.2, 0.25) is 5.02 Å². The number of hydrogen-bond acceptors (Lipinski definition) is 3. The van der Waals surface area contributed by atoms with E-state index in [0.717, 1.165) is 18.0 Å². The van der Waals surface area contributed by atoms with Crippen LogP contribution >= 0.6 is 11.6 Å². The largest absolute Gasteiger partial charge is 0.366 e. The summed E-state index contributed by atoms with van der Waals surface area (Å²) in [7, 11) is 0. The van der Waals surface area contributed by atoms with Crippen molar-refractivity contribution < 1.29 is 0 Å². The maximum Gasteiger partial charge on any atom is 0.0459 e. The fourth-order valence-corrected chi connectivity index (χ4v) is 4.16. The van der Waals surface area contributed by atoms with Gasteiger partial charge in [-0.25, -0.2) is 0 Å². The van der Waals surface area contributed by atoms with Crippen LogP contribution in [-0.2, 0) is 6.42 Å². The summed E-state index contributed by atoms with van der Waals surface area (Å²) in [6.07, 6.45) is 4.91. The Bertz CT molecular complexity index is 491. The maximum absolute atomic E-state index is 6.42. The van der Waals surface area contributed by atoms with Crippen LogP contribution in [0.1, 0.15) is 31.7 Å². The Hall–Kier alpha value is -0.770. The minimum atomic E-state index is 0.536. The Morgan fingerprint density at radius 3 is 2.95 bits per heavy atom. The lowest BCUT2D eigenvalue weighted by atomic mass is 9.95. The smallest absolute Gasteiger partial charge is 0.0459 e. The lowest BCUT2D eigenvalue weighted by molar-refractivity contribution is 0.115. The number of nitrogens with two attached hydrogens (primary N) is 1. The summed E-state index contributed by atoms with van der Waals surface area (Å²) < 4.78 is 0. The van der Waals surface area contributed by atoms with Gasteiger partial charge in [-0.3, -0.25) is 4.90 Å². The molecule has 21 heavy (non-hydrogen) atoms. The van der Waals surface area contributed by atoms with Crippen molar-refractivity contribution in [1.29, 1.82) is 0 Å². The van der Waals surface area contributed by atoms with E-state index in [2.05, 4.69) is 28.9 Å². The number of fused-ring (bicyclic) bond motifs is 1. The third-order valence-electron chi connectivity index (χ3n) is 4.99. The molecule has 2 aliphatic rings. The number of hydrogen-bond donors (Lipinski definition) is 1. The zero-order chi connectivity index (χ0) is 14.8. The molecule has 2 heterocycles. The van der Waals surface area contributed by atoms with Gasteiger partial charge in [0.2, 0.25) is 0 Å². The van der Waals surface area contributed by atoms with Gasteiger partial charge in [0, 0.05) is 35.9 Å². The molecular formula is C17H26ClN3. The van der Waals surface area contributed by atoms with E-state index in [1.807, 2.05) is 6.07 Å². The summed E-state index contributed by atoms with van der Waals surface area (Å²) in [6, 6.07) is 7.51. The Balaban J connectivity index is 1.87. The van der Waals surface area contributed by atoms with Gasteiger partial charge in [0.1, 0.15) is 0 Å². The Morgan fingerprint density at radius 2 is 2.14 bits per heavy atom. The number of rotatable bonds is 3. The number of anilines is 1. The van der Waals surface area contributed by atoms with Crippen LogP contribution in [0.4, 0.5) is 5.69 Å². The molecule has 2 aliphatic heterocycles. The monoisotopic (exact) mass is 307 g/mol. The van der Waals surface area contributed by atoms with E-state index in [0.29, 0.717) is 18.6 Å². The maximum atomic E-state index is 6.42. The molecule has 2 unspecified atom stereocenters. The fraction of sp³-hybridized carbons (Fsp3) is 0.647. The Morgan fingerprint density at radius 1 is 1.29 bits per heavy atom. The summed E-state index contributed by atoms with van der Waals surface area (Å²) in [4.78, 5) is 5.24. The average molecular weight is 308 g/mol. The molecule has 0 saturated carbocycles. The molecule has 0 spiro atoms. The SMILES string of the molecule is CC1CN2CCCCC2CN1c1cccc(Cl)c1CCN. The first-order valence-electron chi connectivity index (χ1n) is 8.19. The second-order valence-electron chi connectivity index (χ2n) is 6.42. The van der Waals surface area contributed by atoms with Crippen molar-refractivity contribution in [2.45, 2.75) is 44.7 Å². The van der Waals surface area contributed by atoms with Gasteiger partial charge < -0.3 is 10.6 Å². The van der Waals surface area contributed by atoms with Crippen LogP contribution in [-0.4, -0.2) is 43.2 Å². The summed E-state index contributed by atoms with van der Waals surface area (Å²) in [5.74, 6) is 0. The molecule has 116 valence electrons. The highest BCUT2D eigenvalue weighted by molar-refractivity contribution is 6.31. The zero-order valence-electron chi connectivity index (χ0n) is 12.9. The molecule has 1 aromatic rings. The number of nitrogens with zero attached hydrogens (tertiary/aromatic N) is 2. The predicted octanol–water partition coefficient (Wildman–Crippen LogP) is 2.90. The van der Waals surface area contributed by atoms with E-state index in [4.69, 9.17) is 17.3 Å². The molecule has 0 radical (unpaired) electrons. The van der Waals surface area contributed by atoms with Crippen molar-refractivity contribution in [1.82, 2.24) is 4.90 Å². The molecule has 2 saturated heterocycles. The zero-order valence-corrected chi connectivity index (χ0v) is 13.6. The Kier molecular flexibility index (Phi) is 4.72. The summed E-state index contributed by atoms with van der Waals surface area (Å²) in [5, 5.41) is 0.858. The van der Waals surface area contributed by atoms with Gasteiger partial charge in [0.05, 0.1) is 0 Å². The molecule has 0 aromatic heterocycles. The molecular weight excluding hydrogens is 282 g/mol. The number of piperidine rings is 1. The van der Waals surface area contributed by atoms with Crippen molar-refractivity contribution >= 4 is 17.3 Å². The van der Waals surface area contributed by atoms with E-state index in [-0.39, 0.29) is 0 Å². The van der Waals surface area contributed by atoms with Gasteiger partial charge in [-0.05, 0) is 57.0 Å². The second kappa shape index (κ2) is 6.55. The number of piperazine rings is 1. The third-order valence-corrected chi connectivity index (χ3v) is 5.34. The van der Waals surface area contributed by atoms with Gasteiger partial charge >= 0.3 is 0 Å². The van der Waals surface area contributed by atoms with E-state index in [1.54, 1.807) is 0 Å². The van der Waals surface area contributed by atoms with Crippen LogP contribution in [0.25, 0.3) is 0 Å². The van der Waals surface area contributed by atoms with Crippen molar-refractivity contribution in [2.24, 2.45) is 5.73 Å². The van der Waals surface area contributed by atoms with Gasteiger partial charge in [0.15, 0.2) is 0 Å². The summed E-state index contributed by atoms with van der Waals surface area (Å²) in [5.41, 5.74) is 8.30. The molecule has 2 atom stereocenters. The molecule has 3 rings (SSSR count). The molecule has 3 nitrogen and oxygen atoms in total. The number of benzene rings is 1. The molecule has 1 aromatic carbocycles. The van der Waals surface area contributed by atoms with Gasteiger partial charge in [0.25, 0.3) is 0 Å². The van der Waals surface area contributed by atoms with Crippen LogP contribution < -0.4 is 10.6 Å². The highest BCUT2D eigenvalue weighted by atomic mass is 35.5. The average Bonchev–Trinajstić information content (AvgIpc) is 2.49. The molecule has 0 amide bonds.